The van der Waals surface area contributed by atoms with E-state index < -0.39 is 16.9 Å². The van der Waals surface area contributed by atoms with Crippen LogP contribution in [0, 0.1) is 23.0 Å². The van der Waals surface area contributed by atoms with Crippen LogP contribution < -0.4 is 15.6 Å². The highest BCUT2D eigenvalue weighted by atomic mass is 16.6. The molecule has 2 aromatic carbocycles. The number of carbonyl (C=O) groups excluding carboxylic acids is 2. The van der Waals surface area contributed by atoms with Crippen LogP contribution in [0.3, 0.4) is 0 Å². The number of amides is 2. The number of nitro benzene ring substituents is 1. The van der Waals surface area contributed by atoms with E-state index in [4.69, 9.17) is 0 Å². The van der Waals surface area contributed by atoms with E-state index in [1.807, 2.05) is 32.9 Å². The quantitative estimate of drug-likeness (QED) is 0.349. The first-order valence-corrected chi connectivity index (χ1v) is 11.5. The summed E-state index contributed by atoms with van der Waals surface area (Å²) in [5, 5.41) is 18.1. The highest BCUT2D eigenvalue weighted by Crippen LogP contribution is 2.27. The molecule has 0 aromatic heterocycles. The van der Waals surface area contributed by atoms with Crippen molar-refractivity contribution in [1.82, 2.24) is 10.7 Å². The second-order valence-electron chi connectivity index (χ2n) is 8.84. The zero-order chi connectivity index (χ0) is 24.7. The molecule has 3 rings (SSSR count). The Bertz CT molecular complexity index is 1060. The van der Waals surface area contributed by atoms with Gasteiger partial charge in [-0.3, -0.25) is 19.7 Å². The molecule has 9 nitrogen and oxygen atoms in total. The summed E-state index contributed by atoms with van der Waals surface area (Å²) in [5.41, 5.74) is 5.35. The second kappa shape index (κ2) is 11.4. The van der Waals surface area contributed by atoms with Gasteiger partial charge in [-0.1, -0.05) is 31.5 Å². The predicted octanol–water partition coefficient (Wildman–Crippen LogP) is 3.80. The summed E-state index contributed by atoms with van der Waals surface area (Å²) in [4.78, 5) is 38.4. The Labute approximate surface area is 199 Å². The van der Waals surface area contributed by atoms with Crippen LogP contribution in [0.5, 0.6) is 0 Å². The van der Waals surface area contributed by atoms with Gasteiger partial charge in [0.25, 0.3) is 17.5 Å². The molecule has 1 aliphatic rings. The van der Waals surface area contributed by atoms with Gasteiger partial charge < -0.3 is 10.2 Å². The molecule has 0 bridgehead atoms. The van der Waals surface area contributed by atoms with E-state index in [2.05, 4.69) is 20.7 Å². The maximum absolute atomic E-state index is 12.8. The van der Waals surface area contributed by atoms with Gasteiger partial charge in [-0.2, -0.15) is 5.10 Å². The van der Waals surface area contributed by atoms with Gasteiger partial charge in [0.2, 0.25) is 0 Å². The average molecular weight is 466 g/mol. The molecule has 1 unspecified atom stereocenters. The molecule has 1 heterocycles. The lowest BCUT2D eigenvalue weighted by Crippen LogP contribution is -2.48. The van der Waals surface area contributed by atoms with E-state index >= 15 is 0 Å². The second-order valence-corrected chi connectivity index (χ2v) is 8.84. The van der Waals surface area contributed by atoms with Gasteiger partial charge in [0.15, 0.2) is 0 Å². The van der Waals surface area contributed by atoms with Crippen LogP contribution >= 0.6 is 0 Å². The summed E-state index contributed by atoms with van der Waals surface area (Å²) in [5.74, 6) is -0.980. The molecule has 0 aliphatic carbocycles. The number of anilines is 1. The van der Waals surface area contributed by atoms with Crippen molar-refractivity contribution in [2.24, 2.45) is 11.0 Å². The summed E-state index contributed by atoms with van der Waals surface area (Å²) < 4.78 is 0. The van der Waals surface area contributed by atoms with Crippen molar-refractivity contribution in [3.63, 3.8) is 0 Å². The lowest BCUT2D eigenvalue weighted by atomic mass is 10.0. The Morgan fingerprint density at radius 3 is 2.38 bits per heavy atom. The molecule has 1 saturated heterocycles. The minimum absolute atomic E-state index is 0.0426. The molecule has 0 saturated carbocycles. The fraction of sp³-hybridized carbons (Fsp3) is 0.400. The Morgan fingerprint density at radius 2 is 1.76 bits per heavy atom. The number of rotatable bonds is 8. The number of carbonyl (C=O) groups is 2. The monoisotopic (exact) mass is 465 g/mol. The summed E-state index contributed by atoms with van der Waals surface area (Å²) in [7, 11) is 0. The van der Waals surface area contributed by atoms with Gasteiger partial charge in [-0.15, -0.1) is 0 Å². The number of benzene rings is 2. The fourth-order valence-electron chi connectivity index (χ4n) is 3.88. The third-order valence-electron chi connectivity index (χ3n) is 5.85. The first-order chi connectivity index (χ1) is 16.3. The van der Waals surface area contributed by atoms with Crippen LogP contribution in [0.4, 0.5) is 11.4 Å². The molecule has 1 aliphatic heterocycles. The van der Waals surface area contributed by atoms with Crippen LogP contribution in [0.15, 0.2) is 47.6 Å². The fourth-order valence-corrected chi connectivity index (χ4v) is 3.88. The highest BCUT2D eigenvalue weighted by Gasteiger charge is 2.24. The van der Waals surface area contributed by atoms with E-state index in [1.54, 1.807) is 18.2 Å². The number of hydrogen-bond donors (Lipinski definition) is 2. The largest absolute Gasteiger partial charge is 0.371 e. The SMILES string of the molecule is Cc1ccc(C(=O)NC(C(=O)NN=Cc2cc([N+](=O)[O-])ccc2N2CCCCC2)C(C)C)cc1. The lowest BCUT2D eigenvalue weighted by molar-refractivity contribution is -0.384. The standard InChI is InChI=1S/C25H31N5O4/c1-17(2)23(27-24(31)19-9-7-18(3)8-10-19)25(32)28-26-16-20-15-21(30(33)34)11-12-22(20)29-13-5-4-6-14-29/h7-12,15-17,23H,4-6,13-14H2,1-3H3,(H,27,31)(H,28,32). The van der Waals surface area contributed by atoms with Crippen LogP contribution in [0.25, 0.3) is 0 Å². The number of piperidine rings is 1. The first kappa shape index (κ1) is 24.9. The molecule has 9 heteroatoms. The van der Waals surface area contributed by atoms with Crippen LogP contribution in [-0.2, 0) is 4.79 Å². The van der Waals surface area contributed by atoms with Crippen molar-refractivity contribution in [2.75, 3.05) is 18.0 Å². The Hall–Kier alpha value is -3.75. The van der Waals surface area contributed by atoms with Crippen molar-refractivity contribution in [2.45, 2.75) is 46.1 Å². The number of nitrogens with zero attached hydrogens (tertiary/aromatic N) is 3. The van der Waals surface area contributed by atoms with Crippen LogP contribution in [0.1, 0.15) is 54.6 Å². The third-order valence-corrected chi connectivity index (χ3v) is 5.85. The molecule has 1 atom stereocenters. The van der Waals surface area contributed by atoms with Gasteiger partial charge in [0.1, 0.15) is 6.04 Å². The van der Waals surface area contributed by atoms with Crippen molar-refractivity contribution in [3.8, 4) is 0 Å². The zero-order valence-corrected chi connectivity index (χ0v) is 19.8. The van der Waals surface area contributed by atoms with E-state index in [-0.39, 0.29) is 17.5 Å². The number of nitro groups is 1. The lowest BCUT2D eigenvalue weighted by Gasteiger charge is -2.29. The third kappa shape index (κ3) is 6.40. The van der Waals surface area contributed by atoms with Crippen molar-refractivity contribution < 1.29 is 14.5 Å². The summed E-state index contributed by atoms with van der Waals surface area (Å²) in [6.07, 6.45) is 4.70. The summed E-state index contributed by atoms with van der Waals surface area (Å²) in [6, 6.07) is 11.0. The number of non-ortho nitro benzene ring substituents is 1. The van der Waals surface area contributed by atoms with Crippen molar-refractivity contribution in [1.29, 1.82) is 0 Å². The maximum Gasteiger partial charge on any atom is 0.270 e. The van der Waals surface area contributed by atoms with Gasteiger partial charge >= 0.3 is 0 Å². The molecule has 180 valence electrons. The zero-order valence-electron chi connectivity index (χ0n) is 19.8. The molecule has 0 spiro atoms. The molecule has 2 N–H and O–H groups in total. The maximum atomic E-state index is 12.8. The van der Waals surface area contributed by atoms with E-state index in [0.29, 0.717) is 11.1 Å². The smallest absolute Gasteiger partial charge is 0.270 e. The number of nitrogens with one attached hydrogen (secondary N) is 2. The molecule has 2 amide bonds. The Kier molecular flexibility index (Phi) is 8.34. The number of hydrazone groups is 1. The highest BCUT2D eigenvalue weighted by molar-refractivity contribution is 5.98. The van der Waals surface area contributed by atoms with Crippen molar-refractivity contribution in [3.05, 3.63) is 69.3 Å². The molecule has 34 heavy (non-hydrogen) atoms. The van der Waals surface area contributed by atoms with Crippen molar-refractivity contribution >= 4 is 29.4 Å². The normalized spacial score (nSPS) is 14.8. The van der Waals surface area contributed by atoms with Gasteiger partial charge in [0.05, 0.1) is 11.1 Å². The van der Waals surface area contributed by atoms with Crippen LogP contribution in [-0.4, -0.2) is 42.1 Å². The molecular formula is C25H31N5O4. The van der Waals surface area contributed by atoms with Gasteiger partial charge in [0, 0.05) is 42.0 Å². The minimum Gasteiger partial charge on any atom is -0.371 e. The number of hydrogen-bond acceptors (Lipinski definition) is 6. The number of aryl methyl sites for hydroxylation is 1. The molecular weight excluding hydrogens is 434 g/mol. The molecule has 0 radical (unpaired) electrons. The van der Waals surface area contributed by atoms with Gasteiger partial charge in [-0.25, -0.2) is 5.43 Å². The summed E-state index contributed by atoms with van der Waals surface area (Å²) in [6.45, 7) is 7.33. The summed E-state index contributed by atoms with van der Waals surface area (Å²) >= 11 is 0. The average Bonchev–Trinajstić information content (AvgIpc) is 2.83. The van der Waals surface area contributed by atoms with E-state index in [1.165, 1.54) is 18.3 Å². The van der Waals surface area contributed by atoms with E-state index in [0.717, 1.165) is 43.6 Å². The first-order valence-electron chi connectivity index (χ1n) is 11.5. The Balaban J connectivity index is 1.73. The van der Waals surface area contributed by atoms with Crippen LogP contribution in [0.2, 0.25) is 0 Å². The molecule has 1 fully saturated rings. The van der Waals surface area contributed by atoms with Gasteiger partial charge in [-0.05, 0) is 50.3 Å². The predicted molar refractivity (Wildman–Crippen MR) is 132 cm³/mol. The minimum atomic E-state index is -0.794. The molecule has 2 aromatic rings. The van der Waals surface area contributed by atoms with E-state index in [9.17, 15) is 19.7 Å². The topological polar surface area (TPSA) is 117 Å². The Morgan fingerprint density at radius 1 is 1.09 bits per heavy atom.